The Hall–Kier alpha value is -1.78. The summed E-state index contributed by atoms with van der Waals surface area (Å²) in [7, 11) is 4.27. The van der Waals surface area contributed by atoms with E-state index in [1.807, 2.05) is 13.0 Å². The zero-order valence-corrected chi connectivity index (χ0v) is 15.7. The number of carbonyl (C=O) groups excluding carboxylic acids is 1. The number of aryl methyl sites for hydroxylation is 1. The summed E-state index contributed by atoms with van der Waals surface area (Å²) in [6, 6.07) is 16.6. The summed E-state index contributed by atoms with van der Waals surface area (Å²) in [5, 5.41) is 2.96. The predicted octanol–water partition coefficient (Wildman–Crippen LogP) is 2.44. The maximum atomic E-state index is 12.4. The van der Waals surface area contributed by atoms with Crippen LogP contribution >= 0.6 is 11.8 Å². The minimum absolute atomic E-state index is 0.0765. The Morgan fingerprint density at radius 2 is 1.71 bits per heavy atom. The fourth-order valence-electron chi connectivity index (χ4n) is 2.48. The van der Waals surface area contributed by atoms with Gasteiger partial charge in [0.15, 0.2) is 0 Å². The Kier molecular flexibility index (Phi) is 6.88. The van der Waals surface area contributed by atoms with Crippen LogP contribution in [0, 0.1) is 6.92 Å². The second kappa shape index (κ2) is 8.90. The molecule has 0 saturated carbocycles. The zero-order valence-electron chi connectivity index (χ0n) is 14.9. The minimum atomic E-state index is -0.112. The van der Waals surface area contributed by atoms with Crippen molar-refractivity contribution in [1.29, 1.82) is 0 Å². The van der Waals surface area contributed by atoms with E-state index >= 15 is 0 Å². The van der Waals surface area contributed by atoms with Crippen molar-refractivity contribution in [2.45, 2.75) is 37.1 Å². The summed E-state index contributed by atoms with van der Waals surface area (Å²) in [6.07, 6.45) is 0. The summed E-state index contributed by atoms with van der Waals surface area (Å²) in [5.74, 6) is 0.0765. The van der Waals surface area contributed by atoms with Crippen LogP contribution in [0.2, 0.25) is 0 Å². The van der Waals surface area contributed by atoms with Crippen LogP contribution in [0.3, 0.4) is 0 Å². The van der Waals surface area contributed by atoms with Crippen molar-refractivity contribution in [3.05, 3.63) is 65.2 Å². The van der Waals surface area contributed by atoms with Gasteiger partial charge < -0.3 is 10.2 Å². The van der Waals surface area contributed by atoms with Gasteiger partial charge in [0.05, 0.1) is 19.3 Å². The Morgan fingerprint density at radius 1 is 1.08 bits per heavy atom. The van der Waals surface area contributed by atoms with Crippen LogP contribution in [-0.2, 0) is 17.9 Å². The summed E-state index contributed by atoms with van der Waals surface area (Å²) in [5.41, 5.74) is 3.72. The van der Waals surface area contributed by atoms with Gasteiger partial charge in [-0.15, -0.1) is 11.8 Å². The number of carbonyl (C=O) groups is 1. The van der Waals surface area contributed by atoms with Crippen LogP contribution in [0.25, 0.3) is 0 Å². The molecule has 0 heterocycles. The van der Waals surface area contributed by atoms with Gasteiger partial charge in [-0.1, -0.05) is 42.0 Å². The van der Waals surface area contributed by atoms with Crippen LogP contribution in [-0.4, -0.2) is 25.3 Å². The number of hydrogen-bond acceptors (Lipinski definition) is 2. The second-order valence-corrected chi connectivity index (χ2v) is 7.86. The van der Waals surface area contributed by atoms with Crippen LogP contribution in [0.4, 0.5) is 0 Å². The van der Waals surface area contributed by atoms with E-state index in [2.05, 4.69) is 68.8 Å². The van der Waals surface area contributed by atoms with Crippen LogP contribution in [0.15, 0.2) is 53.4 Å². The van der Waals surface area contributed by atoms with Gasteiger partial charge in [-0.25, -0.2) is 0 Å². The van der Waals surface area contributed by atoms with E-state index in [1.165, 1.54) is 21.6 Å². The fraction of sp³-hybridized carbons (Fsp3) is 0.350. The molecule has 1 atom stereocenters. The van der Waals surface area contributed by atoms with Gasteiger partial charge >= 0.3 is 0 Å². The van der Waals surface area contributed by atoms with E-state index in [0.29, 0.717) is 6.54 Å². The van der Waals surface area contributed by atoms with E-state index in [-0.39, 0.29) is 11.2 Å². The van der Waals surface area contributed by atoms with Gasteiger partial charge in [0.1, 0.15) is 6.54 Å². The van der Waals surface area contributed by atoms with E-state index in [0.717, 1.165) is 11.4 Å². The molecule has 2 aromatic rings. The Labute approximate surface area is 149 Å². The highest BCUT2D eigenvalue weighted by molar-refractivity contribution is 8.00. The highest BCUT2D eigenvalue weighted by atomic mass is 32.2. The molecule has 4 heteroatoms. The van der Waals surface area contributed by atoms with Crippen molar-refractivity contribution in [2.75, 3.05) is 14.1 Å². The number of benzene rings is 2. The minimum Gasteiger partial charge on any atom is -0.351 e. The van der Waals surface area contributed by atoms with Crippen molar-refractivity contribution in [1.82, 2.24) is 5.32 Å². The normalized spacial score (nSPS) is 12.2. The van der Waals surface area contributed by atoms with Gasteiger partial charge in [0, 0.05) is 17.0 Å². The smallest absolute Gasteiger partial charge is 0.233 e. The Morgan fingerprint density at radius 3 is 2.33 bits per heavy atom. The third-order valence-corrected chi connectivity index (χ3v) is 4.93. The summed E-state index contributed by atoms with van der Waals surface area (Å²) < 4.78 is 0. The zero-order chi connectivity index (χ0) is 17.5. The van der Waals surface area contributed by atoms with Gasteiger partial charge in [0.25, 0.3) is 0 Å². The molecule has 1 amide bonds. The van der Waals surface area contributed by atoms with E-state index in [1.54, 1.807) is 11.8 Å². The molecule has 2 N–H and O–H groups in total. The molecule has 0 bridgehead atoms. The highest BCUT2D eigenvalue weighted by Crippen LogP contribution is 2.23. The lowest BCUT2D eigenvalue weighted by atomic mass is 10.1. The maximum absolute atomic E-state index is 12.4. The lowest BCUT2D eigenvalue weighted by Crippen LogP contribution is -3.04. The van der Waals surface area contributed by atoms with Crippen molar-refractivity contribution in [3.63, 3.8) is 0 Å². The molecule has 0 aliphatic carbocycles. The Bertz CT molecular complexity index is 668. The number of hydrogen-bond donors (Lipinski definition) is 2. The van der Waals surface area contributed by atoms with Crippen LogP contribution in [0.5, 0.6) is 0 Å². The number of nitrogens with one attached hydrogen (secondary N) is 2. The second-order valence-electron chi connectivity index (χ2n) is 6.44. The van der Waals surface area contributed by atoms with Crippen molar-refractivity contribution in [3.8, 4) is 0 Å². The molecular formula is C20H27N2OS+. The molecule has 0 fully saturated rings. The summed E-state index contributed by atoms with van der Waals surface area (Å²) in [6.45, 7) is 5.56. The number of rotatable bonds is 7. The number of thioether (sulfide) groups is 1. The van der Waals surface area contributed by atoms with Crippen LogP contribution < -0.4 is 10.2 Å². The molecule has 0 aliphatic heterocycles. The van der Waals surface area contributed by atoms with Crippen molar-refractivity contribution >= 4 is 17.7 Å². The van der Waals surface area contributed by atoms with Gasteiger partial charge in [0.2, 0.25) is 5.91 Å². The molecular weight excluding hydrogens is 316 g/mol. The predicted molar refractivity (Wildman–Crippen MR) is 101 cm³/mol. The van der Waals surface area contributed by atoms with Gasteiger partial charge in [-0.2, -0.15) is 0 Å². The third-order valence-electron chi connectivity index (χ3n) is 3.82. The molecule has 0 radical (unpaired) electrons. The monoisotopic (exact) mass is 343 g/mol. The summed E-state index contributed by atoms with van der Waals surface area (Å²) in [4.78, 5) is 14.9. The average molecular weight is 344 g/mol. The topological polar surface area (TPSA) is 33.5 Å². The van der Waals surface area contributed by atoms with E-state index < -0.39 is 0 Å². The first-order chi connectivity index (χ1) is 11.5. The molecule has 2 aromatic carbocycles. The molecule has 3 nitrogen and oxygen atoms in total. The molecule has 128 valence electrons. The first-order valence-electron chi connectivity index (χ1n) is 8.32. The molecule has 2 rings (SSSR count). The molecule has 0 spiro atoms. The first kappa shape index (κ1) is 18.6. The third kappa shape index (κ3) is 5.69. The van der Waals surface area contributed by atoms with Gasteiger partial charge in [-0.05, 0) is 31.5 Å². The SMILES string of the molecule is Cc1ccc(S[C@H](C)C(=O)NCc2ccccc2C[NH+](C)C)cc1. The lowest BCUT2D eigenvalue weighted by Gasteiger charge is -2.15. The number of amides is 1. The van der Waals surface area contributed by atoms with Gasteiger partial charge in [-0.3, -0.25) is 4.79 Å². The highest BCUT2D eigenvalue weighted by Gasteiger charge is 2.15. The molecule has 0 unspecified atom stereocenters. The standard InChI is InChI=1S/C20H26N2OS/c1-15-9-11-19(12-10-15)24-16(2)20(23)21-13-17-7-5-6-8-18(17)14-22(3)4/h5-12,16H,13-14H2,1-4H3,(H,21,23)/p+1/t16-/m1/s1. The quantitative estimate of drug-likeness (QED) is 0.757. The van der Waals surface area contributed by atoms with Crippen molar-refractivity contribution in [2.24, 2.45) is 0 Å². The van der Waals surface area contributed by atoms with E-state index in [4.69, 9.17) is 0 Å². The van der Waals surface area contributed by atoms with Crippen LogP contribution in [0.1, 0.15) is 23.6 Å². The number of quaternary nitrogens is 1. The molecule has 0 saturated heterocycles. The fourth-order valence-corrected chi connectivity index (χ4v) is 3.38. The first-order valence-corrected chi connectivity index (χ1v) is 9.20. The molecule has 0 aliphatic rings. The van der Waals surface area contributed by atoms with Crippen molar-refractivity contribution < 1.29 is 9.69 Å². The average Bonchev–Trinajstić information content (AvgIpc) is 2.55. The molecule has 24 heavy (non-hydrogen) atoms. The Balaban J connectivity index is 1.91. The largest absolute Gasteiger partial charge is 0.351 e. The molecule has 0 aromatic heterocycles. The lowest BCUT2D eigenvalue weighted by molar-refractivity contribution is -0.872. The maximum Gasteiger partial charge on any atom is 0.233 e. The summed E-state index contributed by atoms with van der Waals surface area (Å²) >= 11 is 1.59. The van der Waals surface area contributed by atoms with E-state index in [9.17, 15) is 4.79 Å².